The maximum absolute atomic E-state index is 13.5. The number of nitrogens with zero attached hydrogens (tertiary/aromatic N) is 3. The van der Waals surface area contributed by atoms with Gasteiger partial charge >= 0.3 is 0 Å². The van der Waals surface area contributed by atoms with Crippen LogP contribution in [0.25, 0.3) is 16.8 Å². The number of hydrogen-bond donors (Lipinski definition) is 3. The SMILES string of the molecule is NC(=O)c1cccc(-n2cnc3c2C(=O)CC(c2ccc(-c4ccccc4CN4CCC(O)CC4)cc2)NC3)c1. The quantitative estimate of drug-likeness (QED) is 0.344. The first-order valence-electron chi connectivity index (χ1n) is 13.8. The molecule has 4 aromatic rings. The number of likely N-dealkylation sites (tertiary alicyclic amines) is 1. The number of rotatable bonds is 6. The number of aliphatic hydroxyl groups excluding tert-OH is 1. The molecule has 0 radical (unpaired) electrons. The van der Waals surface area contributed by atoms with Gasteiger partial charge in [-0.3, -0.25) is 19.1 Å². The second-order valence-corrected chi connectivity index (χ2v) is 10.7. The van der Waals surface area contributed by atoms with E-state index in [1.165, 1.54) is 11.1 Å². The molecule has 3 aromatic carbocycles. The fraction of sp³-hybridized carbons (Fsp3) is 0.281. The van der Waals surface area contributed by atoms with E-state index in [0.717, 1.165) is 43.6 Å². The topological polar surface area (TPSA) is 113 Å². The van der Waals surface area contributed by atoms with Crippen molar-refractivity contribution in [1.29, 1.82) is 0 Å². The zero-order valence-electron chi connectivity index (χ0n) is 22.3. The van der Waals surface area contributed by atoms with Crippen molar-refractivity contribution < 1.29 is 14.7 Å². The summed E-state index contributed by atoms with van der Waals surface area (Å²) < 4.78 is 1.75. The van der Waals surface area contributed by atoms with Gasteiger partial charge in [-0.2, -0.15) is 0 Å². The lowest BCUT2D eigenvalue weighted by atomic mass is 9.95. The lowest BCUT2D eigenvalue weighted by Crippen LogP contribution is -2.35. The summed E-state index contributed by atoms with van der Waals surface area (Å²) in [7, 11) is 0. The van der Waals surface area contributed by atoms with Crippen molar-refractivity contribution in [3.8, 4) is 16.8 Å². The summed E-state index contributed by atoms with van der Waals surface area (Å²) in [6.07, 6.45) is 3.40. The Morgan fingerprint density at radius 1 is 1.02 bits per heavy atom. The fourth-order valence-electron chi connectivity index (χ4n) is 5.78. The Morgan fingerprint density at radius 2 is 1.80 bits per heavy atom. The average Bonchev–Trinajstić information content (AvgIpc) is 3.34. The molecule has 8 nitrogen and oxygen atoms in total. The minimum Gasteiger partial charge on any atom is -0.393 e. The molecular weight excluding hydrogens is 502 g/mol. The summed E-state index contributed by atoms with van der Waals surface area (Å²) in [5.74, 6) is -0.522. The molecule has 8 heteroatoms. The highest BCUT2D eigenvalue weighted by molar-refractivity contribution is 5.97. The van der Waals surface area contributed by atoms with Gasteiger partial charge in [-0.1, -0.05) is 54.6 Å². The number of Topliss-reactive ketones (excluding diaryl/α,β-unsaturated/α-hetero) is 1. The predicted molar refractivity (Wildman–Crippen MR) is 153 cm³/mol. The standard InChI is InChI=1S/C32H33N5O3/c33-32(40)23-5-3-6-25(16-23)37-20-35-29-18-34-28(17-30(39)31(29)37)22-10-8-21(9-11-22)27-7-2-1-4-24(27)19-36-14-12-26(38)13-15-36/h1-11,16,20,26,28,34,38H,12-15,17-19H2,(H2,33,40). The highest BCUT2D eigenvalue weighted by Gasteiger charge is 2.28. The van der Waals surface area contributed by atoms with Gasteiger partial charge in [0.2, 0.25) is 5.91 Å². The van der Waals surface area contributed by atoms with Crippen molar-refractivity contribution in [3.05, 3.63) is 107 Å². The Kier molecular flexibility index (Phi) is 7.30. The van der Waals surface area contributed by atoms with Crippen LogP contribution in [0.5, 0.6) is 0 Å². The lowest BCUT2D eigenvalue weighted by Gasteiger charge is -2.30. The molecule has 0 spiro atoms. The van der Waals surface area contributed by atoms with Crippen molar-refractivity contribution in [2.24, 2.45) is 5.73 Å². The van der Waals surface area contributed by atoms with E-state index in [4.69, 9.17) is 5.73 Å². The van der Waals surface area contributed by atoms with E-state index in [9.17, 15) is 14.7 Å². The highest BCUT2D eigenvalue weighted by atomic mass is 16.3. The molecule has 1 atom stereocenters. The van der Waals surface area contributed by atoms with Crippen LogP contribution in [0.4, 0.5) is 0 Å². The van der Waals surface area contributed by atoms with Crippen LogP contribution in [0, 0.1) is 0 Å². The number of amides is 1. The number of imidazole rings is 1. The smallest absolute Gasteiger partial charge is 0.248 e. The molecule has 6 rings (SSSR count). The molecule has 1 unspecified atom stereocenters. The summed E-state index contributed by atoms with van der Waals surface area (Å²) in [6.45, 7) is 3.14. The molecule has 1 fully saturated rings. The van der Waals surface area contributed by atoms with Crippen molar-refractivity contribution in [2.75, 3.05) is 13.1 Å². The van der Waals surface area contributed by atoms with E-state index < -0.39 is 5.91 Å². The third-order valence-electron chi connectivity index (χ3n) is 8.01. The van der Waals surface area contributed by atoms with Gasteiger partial charge in [0.15, 0.2) is 5.78 Å². The summed E-state index contributed by atoms with van der Waals surface area (Å²) in [5.41, 5.74) is 12.4. The molecule has 1 amide bonds. The fourth-order valence-corrected chi connectivity index (χ4v) is 5.78. The van der Waals surface area contributed by atoms with Gasteiger partial charge < -0.3 is 16.2 Å². The minimum atomic E-state index is -0.515. The summed E-state index contributed by atoms with van der Waals surface area (Å²) in [5, 5.41) is 13.4. The normalized spacial score (nSPS) is 18.3. The molecule has 0 bridgehead atoms. The molecule has 2 aliphatic heterocycles. The highest BCUT2D eigenvalue weighted by Crippen LogP contribution is 2.30. The van der Waals surface area contributed by atoms with Crippen molar-refractivity contribution >= 4 is 11.7 Å². The van der Waals surface area contributed by atoms with Crippen molar-refractivity contribution in [2.45, 2.75) is 44.5 Å². The Balaban J connectivity index is 1.20. The number of aliphatic hydroxyl groups is 1. The van der Waals surface area contributed by atoms with Crippen molar-refractivity contribution in [3.63, 3.8) is 0 Å². The number of primary amides is 1. The molecular formula is C32H33N5O3. The van der Waals surface area contributed by atoms with Crippen LogP contribution in [-0.2, 0) is 13.1 Å². The van der Waals surface area contributed by atoms with Gasteiger partial charge in [-0.25, -0.2) is 4.98 Å². The molecule has 4 N–H and O–H groups in total. The average molecular weight is 536 g/mol. The first-order valence-corrected chi connectivity index (χ1v) is 13.8. The Hall–Kier alpha value is -4.11. The zero-order chi connectivity index (χ0) is 27.6. The summed E-state index contributed by atoms with van der Waals surface area (Å²) >= 11 is 0. The van der Waals surface area contributed by atoms with E-state index in [1.807, 2.05) is 6.07 Å². The predicted octanol–water partition coefficient (Wildman–Crippen LogP) is 4.01. The van der Waals surface area contributed by atoms with Gasteiger partial charge in [0.25, 0.3) is 0 Å². The van der Waals surface area contributed by atoms with E-state index in [1.54, 1.807) is 29.1 Å². The number of piperidine rings is 1. The summed E-state index contributed by atoms with van der Waals surface area (Å²) in [6, 6.07) is 23.7. The monoisotopic (exact) mass is 535 g/mol. The Labute approximate surface area is 233 Å². The van der Waals surface area contributed by atoms with Gasteiger partial charge in [-0.15, -0.1) is 0 Å². The second-order valence-electron chi connectivity index (χ2n) is 10.7. The van der Waals surface area contributed by atoms with E-state index in [2.05, 4.69) is 63.7 Å². The number of ketones is 1. The Morgan fingerprint density at radius 3 is 2.58 bits per heavy atom. The maximum Gasteiger partial charge on any atom is 0.248 e. The van der Waals surface area contributed by atoms with Crippen LogP contribution < -0.4 is 11.1 Å². The van der Waals surface area contributed by atoms with Gasteiger partial charge in [0, 0.05) is 49.9 Å². The number of carbonyl (C=O) groups is 2. The van der Waals surface area contributed by atoms with Crippen LogP contribution in [0.3, 0.4) is 0 Å². The van der Waals surface area contributed by atoms with Gasteiger partial charge in [-0.05, 0) is 53.3 Å². The number of fused-ring (bicyclic) bond motifs is 1. The summed E-state index contributed by atoms with van der Waals surface area (Å²) in [4.78, 5) is 32.1. The zero-order valence-corrected chi connectivity index (χ0v) is 22.3. The first-order chi connectivity index (χ1) is 19.5. The second kappa shape index (κ2) is 11.2. The lowest BCUT2D eigenvalue weighted by molar-refractivity contribution is 0.0793. The number of hydrogen-bond acceptors (Lipinski definition) is 6. The maximum atomic E-state index is 13.5. The van der Waals surface area contributed by atoms with Crippen molar-refractivity contribution in [1.82, 2.24) is 19.8 Å². The van der Waals surface area contributed by atoms with Gasteiger partial charge in [0.05, 0.1) is 11.8 Å². The first kappa shape index (κ1) is 26.1. The Bertz CT molecular complexity index is 1540. The number of carbonyl (C=O) groups excluding carboxylic acids is 2. The van der Waals surface area contributed by atoms with Crippen LogP contribution in [0.1, 0.15) is 63.0 Å². The molecule has 2 aliphatic rings. The minimum absolute atomic E-state index is 0.00644. The van der Waals surface area contributed by atoms with Crippen LogP contribution in [-0.4, -0.2) is 50.4 Å². The molecule has 1 aromatic heterocycles. The third kappa shape index (κ3) is 5.34. The number of benzene rings is 3. The molecule has 1 saturated heterocycles. The van der Waals surface area contributed by atoms with E-state index in [0.29, 0.717) is 35.6 Å². The number of nitrogens with two attached hydrogens (primary N) is 1. The molecule has 204 valence electrons. The largest absolute Gasteiger partial charge is 0.393 e. The number of nitrogens with one attached hydrogen (secondary N) is 1. The van der Waals surface area contributed by atoms with Crippen LogP contribution in [0.15, 0.2) is 79.1 Å². The molecule has 0 saturated carbocycles. The molecule has 3 heterocycles. The van der Waals surface area contributed by atoms with E-state index >= 15 is 0 Å². The number of aromatic nitrogens is 2. The third-order valence-corrected chi connectivity index (χ3v) is 8.01. The van der Waals surface area contributed by atoms with Crippen LogP contribution in [0.2, 0.25) is 0 Å². The molecule has 0 aliphatic carbocycles. The molecule has 40 heavy (non-hydrogen) atoms. The van der Waals surface area contributed by atoms with Crippen LogP contribution >= 0.6 is 0 Å². The van der Waals surface area contributed by atoms with E-state index in [-0.39, 0.29) is 17.9 Å². The van der Waals surface area contributed by atoms with Gasteiger partial charge in [0.1, 0.15) is 12.0 Å².